The quantitative estimate of drug-likeness (QED) is 0.866. The molecule has 0 aliphatic rings. The minimum absolute atomic E-state index is 0.00618. The number of anilines is 1. The molecule has 0 atom stereocenters. The fourth-order valence-corrected chi connectivity index (χ4v) is 3.19. The van der Waals surface area contributed by atoms with Gasteiger partial charge in [-0.05, 0) is 30.3 Å². The number of benzene rings is 2. The van der Waals surface area contributed by atoms with Gasteiger partial charge in [-0.1, -0.05) is 23.7 Å². The van der Waals surface area contributed by atoms with Crippen molar-refractivity contribution in [2.24, 2.45) is 0 Å². The minimum Gasteiger partial charge on any atom is -0.433 e. The van der Waals surface area contributed by atoms with E-state index in [-0.39, 0.29) is 26.9 Å². The molecule has 5 nitrogen and oxygen atoms in total. The van der Waals surface area contributed by atoms with Crippen LogP contribution >= 0.6 is 11.6 Å². The van der Waals surface area contributed by atoms with Crippen LogP contribution < -0.4 is 10.1 Å². The van der Waals surface area contributed by atoms with Crippen molar-refractivity contribution in [3.05, 3.63) is 53.1 Å². The van der Waals surface area contributed by atoms with E-state index in [0.717, 1.165) is 12.3 Å². The Bertz CT molecular complexity index is 872. The van der Waals surface area contributed by atoms with Gasteiger partial charge < -0.3 is 10.1 Å². The Morgan fingerprint density at radius 1 is 1.21 bits per heavy atom. The van der Waals surface area contributed by atoms with Crippen molar-refractivity contribution < 1.29 is 26.7 Å². The van der Waals surface area contributed by atoms with Crippen LogP contribution in [0.25, 0.3) is 0 Å². The number of carbonyl (C=O) groups excluding carboxylic acids is 1. The molecule has 0 aliphatic carbocycles. The molecule has 0 bridgehead atoms. The number of carbonyl (C=O) groups is 1. The highest BCUT2D eigenvalue weighted by Crippen LogP contribution is 2.27. The topological polar surface area (TPSA) is 72.5 Å². The van der Waals surface area contributed by atoms with Gasteiger partial charge in [-0.15, -0.1) is 0 Å². The Labute approximate surface area is 142 Å². The van der Waals surface area contributed by atoms with Gasteiger partial charge in [-0.25, -0.2) is 8.42 Å². The second-order valence-corrected chi connectivity index (χ2v) is 7.14. The summed E-state index contributed by atoms with van der Waals surface area (Å²) in [4.78, 5) is 12.1. The average Bonchev–Trinajstić information content (AvgIpc) is 2.48. The lowest BCUT2D eigenvalue weighted by molar-refractivity contribution is -0.0493. The molecular weight excluding hydrogens is 364 g/mol. The Kier molecular flexibility index (Phi) is 5.40. The monoisotopic (exact) mass is 375 g/mol. The minimum atomic E-state index is -3.62. The second kappa shape index (κ2) is 7.14. The number of sulfone groups is 1. The highest BCUT2D eigenvalue weighted by Gasteiger charge is 2.17. The predicted octanol–water partition coefficient (Wildman–Crippen LogP) is 3.60. The first-order valence-electron chi connectivity index (χ1n) is 6.53. The van der Waals surface area contributed by atoms with Crippen molar-refractivity contribution in [2.45, 2.75) is 11.5 Å². The molecule has 0 aromatic heterocycles. The molecular formula is C15H12ClF2NO4S. The molecule has 0 saturated carbocycles. The van der Waals surface area contributed by atoms with Crippen molar-refractivity contribution in [3.8, 4) is 5.75 Å². The SMILES string of the molecule is CS(=O)(=O)c1cc(C(=O)Nc2ccccc2OC(F)F)ccc1Cl. The molecule has 0 unspecified atom stereocenters. The second-order valence-electron chi connectivity index (χ2n) is 4.75. The van der Waals surface area contributed by atoms with E-state index in [9.17, 15) is 22.0 Å². The van der Waals surface area contributed by atoms with E-state index in [0.29, 0.717) is 0 Å². The van der Waals surface area contributed by atoms with Crippen LogP contribution in [0, 0.1) is 0 Å². The fourth-order valence-electron chi connectivity index (χ4n) is 1.89. The van der Waals surface area contributed by atoms with E-state index in [1.807, 2.05) is 0 Å². The van der Waals surface area contributed by atoms with Gasteiger partial charge >= 0.3 is 6.61 Å². The summed E-state index contributed by atoms with van der Waals surface area (Å²) in [6.45, 7) is -3.05. The molecule has 2 rings (SSSR count). The highest BCUT2D eigenvalue weighted by molar-refractivity contribution is 7.90. The van der Waals surface area contributed by atoms with Gasteiger partial charge in [-0.2, -0.15) is 8.78 Å². The maximum absolute atomic E-state index is 12.4. The number of para-hydroxylation sites is 2. The normalized spacial score (nSPS) is 11.4. The van der Waals surface area contributed by atoms with Crippen LogP contribution in [0.3, 0.4) is 0 Å². The molecule has 0 spiro atoms. The zero-order chi connectivity index (χ0) is 17.9. The number of hydrogen-bond acceptors (Lipinski definition) is 4. The highest BCUT2D eigenvalue weighted by atomic mass is 35.5. The Hall–Kier alpha value is -2.19. The first kappa shape index (κ1) is 18.2. The summed E-state index contributed by atoms with van der Waals surface area (Å²) in [6.07, 6.45) is 0.960. The van der Waals surface area contributed by atoms with E-state index in [4.69, 9.17) is 11.6 Å². The van der Waals surface area contributed by atoms with Crippen molar-refractivity contribution >= 4 is 33.0 Å². The molecule has 2 aromatic rings. The summed E-state index contributed by atoms with van der Waals surface area (Å²) < 4.78 is 52.3. The molecule has 0 saturated heterocycles. The zero-order valence-corrected chi connectivity index (χ0v) is 13.9. The lowest BCUT2D eigenvalue weighted by atomic mass is 10.2. The molecule has 0 fully saturated rings. The number of amides is 1. The van der Waals surface area contributed by atoms with Gasteiger partial charge in [-0.3, -0.25) is 4.79 Å². The van der Waals surface area contributed by atoms with Crippen molar-refractivity contribution in [2.75, 3.05) is 11.6 Å². The van der Waals surface area contributed by atoms with Crippen LogP contribution in [0.15, 0.2) is 47.4 Å². The molecule has 1 N–H and O–H groups in total. The van der Waals surface area contributed by atoms with E-state index < -0.39 is 22.4 Å². The number of hydrogen-bond donors (Lipinski definition) is 1. The summed E-state index contributed by atoms with van der Waals surface area (Å²) in [6, 6.07) is 9.35. The van der Waals surface area contributed by atoms with E-state index in [1.54, 1.807) is 0 Å². The zero-order valence-electron chi connectivity index (χ0n) is 12.3. The van der Waals surface area contributed by atoms with E-state index in [1.165, 1.54) is 36.4 Å². The van der Waals surface area contributed by atoms with Crippen molar-refractivity contribution in [3.63, 3.8) is 0 Å². The van der Waals surface area contributed by atoms with Crippen molar-refractivity contribution in [1.82, 2.24) is 0 Å². The average molecular weight is 376 g/mol. The third kappa shape index (κ3) is 4.42. The van der Waals surface area contributed by atoms with Crippen LogP contribution in [0.5, 0.6) is 5.75 Å². The maximum atomic E-state index is 12.4. The Morgan fingerprint density at radius 3 is 2.50 bits per heavy atom. The van der Waals surface area contributed by atoms with Gasteiger partial charge in [0, 0.05) is 11.8 Å². The third-order valence-electron chi connectivity index (χ3n) is 2.94. The van der Waals surface area contributed by atoms with Crippen LogP contribution in [-0.4, -0.2) is 27.2 Å². The lowest BCUT2D eigenvalue weighted by Crippen LogP contribution is -2.14. The van der Waals surface area contributed by atoms with Gasteiger partial charge in [0.1, 0.15) is 5.75 Å². The first-order valence-corrected chi connectivity index (χ1v) is 8.80. The Balaban J connectivity index is 2.32. The predicted molar refractivity (Wildman–Crippen MR) is 85.6 cm³/mol. The largest absolute Gasteiger partial charge is 0.433 e. The molecule has 0 aliphatic heterocycles. The van der Waals surface area contributed by atoms with Crippen LogP contribution in [0.2, 0.25) is 5.02 Å². The van der Waals surface area contributed by atoms with E-state index >= 15 is 0 Å². The fraction of sp³-hybridized carbons (Fsp3) is 0.133. The van der Waals surface area contributed by atoms with Gasteiger partial charge in [0.2, 0.25) is 0 Å². The standard InChI is InChI=1S/C15H12ClF2NO4S/c1-24(21,22)13-8-9(6-7-10(13)16)14(20)19-11-4-2-3-5-12(11)23-15(17)18/h2-8,15H,1H3,(H,19,20). The third-order valence-corrected chi connectivity index (χ3v) is 4.52. The summed E-state index contributed by atoms with van der Waals surface area (Å²) in [5.74, 6) is -0.903. The number of nitrogens with one attached hydrogen (secondary N) is 1. The summed E-state index contributed by atoms with van der Waals surface area (Å²) in [5, 5.41) is 2.38. The van der Waals surface area contributed by atoms with Gasteiger partial charge in [0.15, 0.2) is 9.84 Å². The molecule has 24 heavy (non-hydrogen) atoms. The van der Waals surface area contributed by atoms with Crippen LogP contribution in [0.1, 0.15) is 10.4 Å². The number of ether oxygens (including phenoxy) is 1. The summed E-state index contributed by atoms with van der Waals surface area (Å²) in [5.41, 5.74) is 0.0327. The summed E-state index contributed by atoms with van der Waals surface area (Å²) >= 11 is 5.81. The smallest absolute Gasteiger partial charge is 0.387 e. The van der Waals surface area contributed by atoms with Crippen LogP contribution in [0.4, 0.5) is 14.5 Å². The number of rotatable bonds is 5. The first-order chi connectivity index (χ1) is 11.2. The lowest BCUT2D eigenvalue weighted by Gasteiger charge is -2.12. The molecule has 0 heterocycles. The molecule has 128 valence electrons. The summed E-state index contributed by atoms with van der Waals surface area (Å²) in [7, 11) is -3.62. The van der Waals surface area contributed by atoms with Crippen LogP contribution in [-0.2, 0) is 9.84 Å². The number of alkyl halides is 2. The molecule has 2 aromatic carbocycles. The molecule has 0 radical (unpaired) electrons. The van der Waals surface area contributed by atoms with Crippen molar-refractivity contribution in [1.29, 1.82) is 0 Å². The maximum Gasteiger partial charge on any atom is 0.387 e. The molecule has 1 amide bonds. The van der Waals surface area contributed by atoms with E-state index in [2.05, 4.69) is 10.1 Å². The van der Waals surface area contributed by atoms with Gasteiger partial charge in [0.25, 0.3) is 5.91 Å². The van der Waals surface area contributed by atoms with Gasteiger partial charge in [0.05, 0.1) is 15.6 Å². The molecule has 9 heteroatoms. The Morgan fingerprint density at radius 2 is 1.88 bits per heavy atom. The number of halogens is 3.